The molecule has 1 aromatic carbocycles. The van der Waals surface area contributed by atoms with Crippen LogP contribution in [0.1, 0.15) is 87.1 Å². The monoisotopic (exact) mass is 597 g/mol. The van der Waals surface area contributed by atoms with E-state index in [1.807, 2.05) is 62.3 Å². The van der Waals surface area contributed by atoms with Crippen molar-refractivity contribution < 1.29 is 52.7 Å². The minimum absolute atomic E-state index is 0.0141. The molecule has 238 valence electrons. The Morgan fingerprint density at radius 2 is 1.17 bits per heavy atom. The number of carbonyl (C=O) groups excluding carboxylic acids is 3. The number of ether oxygens (including phenoxy) is 6. The molecule has 12 nitrogen and oxygen atoms in total. The predicted octanol–water partition coefficient (Wildman–Crippen LogP) is 6.28. The second kappa shape index (κ2) is 15.1. The quantitative estimate of drug-likeness (QED) is 0.166. The van der Waals surface area contributed by atoms with E-state index in [9.17, 15) is 24.3 Å². The van der Waals surface area contributed by atoms with Gasteiger partial charge in [0.05, 0.1) is 19.8 Å². The molecule has 0 aliphatic rings. The van der Waals surface area contributed by atoms with Crippen molar-refractivity contribution in [2.24, 2.45) is 22.0 Å². The third-order valence-corrected chi connectivity index (χ3v) is 5.25. The van der Waals surface area contributed by atoms with E-state index in [2.05, 4.69) is 0 Å². The zero-order chi connectivity index (χ0) is 32.5. The summed E-state index contributed by atoms with van der Waals surface area (Å²) in [5.41, 5.74) is 5.40. The molecule has 0 fully saturated rings. The first-order valence-electron chi connectivity index (χ1n) is 13.7. The highest BCUT2D eigenvalue weighted by Gasteiger charge is 2.31. The highest BCUT2D eigenvalue weighted by Crippen LogP contribution is 2.35. The fraction of sp³-hybridized carbons (Fsp3) is 0.667. The molecule has 0 saturated carbocycles. The Balaban J connectivity index is 3.30. The summed E-state index contributed by atoms with van der Waals surface area (Å²) in [7, 11) is 0. The molecule has 0 aliphatic carbocycles. The van der Waals surface area contributed by atoms with Gasteiger partial charge in [0.2, 0.25) is 0 Å². The van der Waals surface area contributed by atoms with Gasteiger partial charge in [0, 0.05) is 5.92 Å². The van der Waals surface area contributed by atoms with Crippen LogP contribution >= 0.6 is 0 Å². The highest BCUT2D eigenvalue weighted by atomic mass is 16.7. The topological polar surface area (TPSA) is 170 Å². The summed E-state index contributed by atoms with van der Waals surface area (Å²) in [4.78, 5) is 48.9. The molecule has 0 aliphatic heterocycles. The van der Waals surface area contributed by atoms with Gasteiger partial charge in [-0.3, -0.25) is 4.79 Å². The van der Waals surface area contributed by atoms with Crippen LogP contribution in [0, 0.1) is 16.2 Å². The van der Waals surface area contributed by atoms with Gasteiger partial charge in [-0.25, -0.2) is 14.4 Å². The largest absolute Gasteiger partial charge is 0.513 e. The molecule has 12 heteroatoms. The maximum Gasteiger partial charge on any atom is 0.513 e. The Morgan fingerprint density at radius 1 is 0.738 bits per heavy atom. The van der Waals surface area contributed by atoms with Crippen LogP contribution in [-0.4, -0.2) is 61.5 Å². The van der Waals surface area contributed by atoms with Crippen LogP contribution < -0.4 is 15.2 Å². The number of benzene rings is 1. The Kier molecular flexibility index (Phi) is 13.1. The Hall–Kier alpha value is -3.54. The van der Waals surface area contributed by atoms with Crippen LogP contribution in [0.2, 0.25) is 0 Å². The molecule has 3 N–H and O–H groups in total. The lowest BCUT2D eigenvalue weighted by molar-refractivity contribution is -0.139. The van der Waals surface area contributed by atoms with E-state index >= 15 is 0 Å². The molecule has 1 aromatic rings. The van der Waals surface area contributed by atoms with Crippen molar-refractivity contribution in [2.45, 2.75) is 93.7 Å². The zero-order valence-corrected chi connectivity index (χ0v) is 26.4. The number of nitrogens with two attached hydrogens (primary N) is 1. The minimum Gasteiger partial charge on any atom is -0.480 e. The molecule has 0 radical (unpaired) electrons. The van der Waals surface area contributed by atoms with E-state index < -0.39 is 42.5 Å². The SMILES string of the molecule is CC(CC(c1ccc(OC(=O)OCC(C)(C)C)c(OC(=O)OCC(C)(C)C)c1)[C@H](N)C(=O)O)OC(=O)OCC(C)(C)C. The summed E-state index contributed by atoms with van der Waals surface area (Å²) in [6.45, 7) is 18.7. The maximum absolute atomic E-state index is 12.5. The maximum atomic E-state index is 12.5. The standard InChI is InChI=1S/C30H47NO11/c1-18(40-25(34)37-15-28(2,3)4)13-20(23(31)24(32)33)19-11-12-21(41-26(35)38-16-29(5,6)7)22(14-19)42-27(36)39-17-30(8,9)10/h11-12,14,18,20,23H,13,15-17,31H2,1-10H3,(H,32,33)/t18?,20?,23-/m0/s1. The van der Waals surface area contributed by atoms with Crippen molar-refractivity contribution in [2.75, 3.05) is 19.8 Å². The predicted molar refractivity (Wildman–Crippen MR) is 154 cm³/mol. The van der Waals surface area contributed by atoms with Crippen LogP contribution in [0.5, 0.6) is 11.5 Å². The van der Waals surface area contributed by atoms with Gasteiger partial charge in [-0.15, -0.1) is 0 Å². The van der Waals surface area contributed by atoms with E-state index in [4.69, 9.17) is 34.2 Å². The van der Waals surface area contributed by atoms with Gasteiger partial charge in [0.25, 0.3) is 0 Å². The third-order valence-electron chi connectivity index (χ3n) is 5.25. The zero-order valence-electron chi connectivity index (χ0n) is 26.4. The van der Waals surface area contributed by atoms with Crippen LogP contribution in [0.3, 0.4) is 0 Å². The van der Waals surface area contributed by atoms with E-state index in [0.29, 0.717) is 5.56 Å². The van der Waals surface area contributed by atoms with Gasteiger partial charge in [-0.1, -0.05) is 68.4 Å². The second-order valence-corrected chi connectivity index (χ2v) is 13.8. The fourth-order valence-electron chi connectivity index (χ4n) is 3.25. The lowest BCUT2D eigenvalue weighted by Crippen LogP contribution is -2.38. The number of carboxylic acid groups (broad SMARTS) is 1. The summed E-state index contributed by atoms with van der Waals surface area (Å²) < 4.78 is 31.4. The lowest BCUT2D eigenvalue weighted by Gasteiger charge is -2.26. The smallest absolute Gasteiger partial charge is 0.480 e. The average molecular weight is 598 g/mol. The third kappa shape index (κ3) is 14.9. The molecule has 3 atom stereocenters. The molecule has 0 heterocycles. The molecule has 0 amide bonds. The molecule has 0 bridgehead atoms. The molecule has 42 heavy (non-hydrogen) atoms. The van der Waals surface area contributed by atoms with Crippen LogP contribution in [0.4, 0.5) is 14.4 Å². The van der Waals surface area contributed by atoms with E-state index in [-0.39, 0.29) is 54.0 Å². The first kappa shape index (κ1) is 36.5. The van der Waals surface area contributed by atoms with Crippen molar-refractivity contribution in [3.8, 4) is 11.5 Å². The van der Waals surface area contributed by atoms with E-state index in [0.717, 1.165) is 0 Å². The van der Waals surface area contributed by atoms with Crippen LogP contribution in [0.15, 0.2) is 18.2 Å². The van der Waals surface area contributed by atoms with Gasteiger partial charge < -0.3 is 39.3 Å². The van der Waals surface area contributed by atoms with E-state index in [1.165, 1.54) is 18.2 Å². The molecule has 0 saturated heterocycles. The summed E-state index contributed by atoms with van der Waals surface area (Å²) in [6.07, 6.45) is -3.80. The molecular weight excluding hydrogens is 550 g/mol. The minimum atomic E-state index is -1.43. The molecular formula is C30H47NO11. The summed E-state index contributed by atoms with van der Waals surface area (Å²) in [5.74, 6) is -2.61. The van der Waals surface area contributed by atoms with Crippen molar-refractivity contribution in [1.29, 1.82) is 0 Å². The Bertz CT molecular complexity index is 1080. The van der Waals surface area contributed by atoms with Gasteiger partial charge in [0.15, 0.2) is 11.5 Å². The first-order valence-corrected chi connectivity index (χ1v) is 13.7. The van der Waals surface area contributed by atoms with Crippen molar-refractivity contribution in [1.82, 2.24) is 0 Å². The number of aliphatic carboxylic acids is 1. The molecule has 0 spiro atoms. The van der Waals surface area contributed by atoms with Crippen molar-refractivity contribution in [3.63, 3.8) is 0 Å². The number of carboxylic acids is 1. The number of hydrogen-bond donors (Lipinski definition) is 2. The van der Waals surface area contributed by atoms with E-state index in [1.54, 1.807) is 6.92 Å². The number of carbonyl (C=O) groups is 4. The highest BCUT2D eigenvalue weighted by molar-refractivity contribution is 5.75. The lowest BCUT2D eigenvalue weighted by atomic mass is 9.87. The molecule has 2 unspecified atom stereocenters. The summed E-state index contributed by atoms with van der Waals surface area (Å²) in [5, 5.41) is 9.69. The van der Waals surface area contributed by atoms with Gasteiger partial charge in [-0.05, 0) is 47.3 Å². The van der Waals surface area contributed by atoms with Gasteiger partial charge >= 0.3 is 24.4 Å². The van der Waals surface area contributed by atoms with Gasteiger partial charge in [0.1, 0.15) is 12.1 Å². The molecule has 1 rings (SSSR count). The first-order chi connectivity index (χ1) is 19.1. The Labute approximate surface area is 248 Å². The fourth-order valence-corrected chi connectivity index (χ4v) is 3.25. The normalized spacial score (nSPS) is 14.2. The van der Waals surface area contributed by atoms with Crippen molar-refractivity contribution >= 4 is 24.4 Å². The Morgan fingerprint density at radius 3 is 1.60 bits per heavy atom. The van der Waals surface area contributed by atoms with Crippen molar-refractivity contribution in [3.05, 3.63) is 23.8 Å². The summed E-state index contributed by atoms with van der Waals surface area (Å²) >= 11 is 0. The summed E-state index contributed by atoms with van der Waals surface area (Å²) in [6, 6.07) is 2.69. The van der Waals surface area contributed by atoms with Gasteiger partial charge in [-0.2, -0.15) is 0 Å². The average Bonchev–Trinajstić information content (AvgIpc) is 2.83. The van der Waals surface area contributed by atoms with Crippen LogP contribution in [0.25, 0.3) is 0 Å². The molecule has 0 aromatic heterocycles. The number of hydrogen-bond acceptors (Lipinski definition) is 11. The van der Waals surface area contributed by atoms with Crippen LogP contribution in [-0.2, 0) is 23.7 Å². The second-order valence-electron chi connectivity index (χ2n) is 13.8. The number of rotatable bonds is 11.